The third-order valence-electron chi connectivity index (χ3n) is 2.52. The number of halogens is 1. The van der Waals surface area contributed by atoms with Crippen LogP contribution in [0.3, 0.4) is 0 Å². The second-order valence-corrected chi connectivity index (χ2v) is 6.05. The van der Waals surface area contributed by atoms with Crippen molar-refractivity contribution in [1.82, 2.24) is 14.9 Å². The highest BCUT2D eigenvalue weighted by atomic mass is 79.9. The van der Waals surface area contributed by atoms with Gasteiger partial charge in [0.15, 0.2) is 0 Å². The lowest BCUT2D eigenvalue weighted by molar-refractivity contribution is 0.408. The van der Waals surface area contributed by atoms with Crippen LogP contribution >= 0.6 is 15.9 Å². The third-order valence-corrected chi connectivity index (χ3v) is 2.93. The van der Waals surface area contributed by atoms with Gasteiger partial charge in [-0.15, -0.1) is 0 Å². The monoisotopic (exact) mass is 314 g/mol. The smallest absolute Gasteiger partial charge is 0.133 e. The Morgan fingerprint density at radius 3 is 2.39 bits per heavy atom. The average Bonchev–Trinajstić information content (AvgIpc) is 2.22. The predicted octanol–water partition coefficient (Wildman–Crippen LogP) is 2.57. The molecule has 0 radical (unpaired) electrons. The van der Waals surface area contributed by atoms with Gasteiger partial charge in [0.1, 0.15) is 16.2 Å². The van der Waals surface area contributed by atoms with Gasteiger partial charge in [-0.3, -0.25) is 0 Å². The molecule has 1 aromatic heterocycles. The number of anilines is 1. The second-order valence-electron chi connectivity index (χ2n) is 5.24. The molecule has 0 N–H and O–H groups in total. The lowest BCUT2D eigenvalue weighted by Gasteiger charge is -2.27. The van der Waals surface area contributed by atoms with Gasteiger partial charge in [0.2, 0.25) is 0 Å². The van der Waals surface area contributed by atoms with E-state index in [4.69, 9.17) is 0 Å². The van der Waals surface area contributed by atoms with Crippen molar-refractivity contribution in [1.29, 1.82) is 0 Å². The minimum absolute atomic E-state index is 0.612. The fourth-order valence-corrected chi connectivity index (χ4v) is 2.20. The third kappa shape index (κ3) is 5.31. The van der Waals surface area contributed by atoms with Crippen molar-refractivity contribution >= 4 is 21.7 Å². The van der Waals surface area contributed by atoms with E-state index >= 15 is 0 Å². The molecule has 0 bridgehead atoms. The van der Waals surface area contributed by atoms with Gasteiger partial charge in [0, 0.05) is 25.7 Å². The molecule has 0 amide bonds. The highest BCUT2D eigenvalue weighted by molar-refractivity contribution is 9.10. The summed E-state index contributed by atoms with van der Waals surface area (Å²) in [5.41, 5.74) is 0. The van der Waals surface area contributed by atoms with Crippen LogP contribution in [0.15, 0.2) is 10.7 Å². The first-order chi connectivity index (χ1) is 8.38. The number of hydrogen-bond donors (Lipinski definition) is 0. The summed E-state index contributed by atoms with van der Waals surface area (Å²) >= 11 is 3.44. The number of rotatable bonds is 6. The zero-order chi connectivity index (χ0) is 13.7. The van der Waals surface area contributed by atoms with Crippen LogP contribution in [0, 0.1) is 12.8 Å². The largest absolute Gasteiger partial charge is 0.355 e. The maximum Gasteiger partial charge on any atom is 0.133 e. The van der Waals surface area contributed by atoms with Crippen molar-refractivity contribution in [3.8, 4) is 0 Å². The van der Waals surface area contributed by atoms with Crippen molar-refractivity contribution in [2.75, 3.05) is 38.6 Å². The maximum atomic E-state index is 4.53. The predicted molar refractivity (Wildman–Crippen MR) is 80.1 cm³/mol. The number of aromatic nitrogens is 2. The molecular formula is C13H23BrN4. The molecule has 1 heterocycles. The van der Waals surface area contributed by atoms with E-state index < -0.39 is 0 Å². The van der Waals surface area contributed by atoms with Gasteiger partial charge in [-0.25, -0.2) is 9.97 Å². The summed E-state index contributed by atoms with van der Waals surface area (Å²) in [6.45, 7) is 9.39. The molecule has 1 rings (SSSR count). The van der Waals surface area contributed by atoms with Gasteiger partial charge in [-0.1, -0.05) is 13.8 Å². The summed E-state index contributed by atoms with van der Waals surface area (Å²) in [5, 5.41) is 0. The van der Waals surface area contributed by atoms with Crippen molar-refractivity contribution in [2.45, 2.75) is 20.8 Å². The van der Waals surface area contributed by atoms with Gasteiger partial charge in [-0.2, -0.15) is 0 Å². The summed E-state index contributed by atoms with van der Waals surface area (Å²) < 4.78 is 0.851. The molecule has 0 saturated carbocycles. The highest BCUT2D eigenvalue weighted by Crippen LogP contribution is 2.17. The van der Waals surface area contributed by atoms with Crippen molar-refractivity contribution in [2.24, 2.45) is 5.92 Å². The van der Waals surface area contributed by atoms with E-state index in [9.17, 15) is 0 Å². The molecule has 0 unspecified atom stereocenters. The van der Waals surface area contributed by atoms with Crippen LogP contribution in [-0.4, -0.2) is 48.6 Å². The summed E-state index contributed by atoms with van der Waals surface area (Å²) in [4.78, 5) is 13.3. The van der Waals surface area contributed by atoms with E-state index in [1.165, 1.54) is 0 Å². The quantitative estimate of drug-likeness (QED) is 0.755. The number of nitrogens with zero attached hydrogens (tertiary/aromatic N) is 4. The Morgan fingerprint density at radius 1 is 1.22 bits per heavy atom. The first kappa shape index (κ1) is 15.4. The zero-order valence-corrected chi connectivity index (χ0v) is 13.5. The maximum absolute atomic E-state index is 4.53. The van der Waals surface area contributed by atoms with E-state index in [0.717, 1.165) is 35.9 Å². The lowest BCUT2D eigenvalue weighted by Crippen LogP contribution is -2.35. The highest BCUT2D eigenvalue weighted by Gasteiger charge is 2.12. The van der Waals surface area contributed by atoms with Crippen molar-refractivity contribution < 1.29 is 0 Å². The molecule has 18 heavy (non-hydrogen) atoms. The molecule has 0 fully saturated rings. The molecule has 0 saturated heterocycles. The molecular weight excluding hydrogens is 292 g/mol. The van der Waals surface area contributed by atoms with Crippen LogP contribution in [-0.2, 0) is 0 Å². The Kier molecular flexibility index (Phi) is 6.02. The average molecular weight is 315 g/mol. The molecule has 0 aliphatic carbocycles. The van der Waals surface area contributed by atoms with Gasteiger partial charge >= 0.3 is 0 Å². The zero-order valence-electron chi connectivity index (χ0n) is 11.9. The van der Waals surface area contributed by atoms with E-state index in [1.54, 1.807) is 0 Å². The molecule has 5 heteroatoms. The molecule has 1 aromatic rings. The van der Waals surface area contributed by atoms with Crippen LogP contribution in [0.4, 0.5) is 5.82 Å². The summed E-state index contributed by atoms with van der Waals surface area (Å²) in [5.74, 6) is 2.42. The van der Waals surface area contributed by atoms with Gasteiger partial charge in [0.25, 0.3) is 0 Å². The van der Waals surface area contributed by atoms with Crippen molar-refractivity contribution in [3.05, 3.63) is 16.5 Å². The lowest BCUT2D eigenvalue weighted by atomic mass is 10.2. The Hall–Kier alpha value is -0.680. The van der Waals surface area contributed by atoms with Gasteiger partial charge in [0.05, 0.1) is 0 Å². The summed E-state index contributed by atoms with van der Waals surface area (Å²) in [7, 11) is 4.18. The second kappa shape index (κ2) is 7.04. The van der Waals surface area contributed by atoms with Gasteiger partial charge < -0.3 is 9.80 Å². The summed E-state index contributed by atoms with van der Waals surface area (Å²) in [6.07, 6.45) is 0. The number of aryl methyl sites for hydroxylation is 1. The standard InChI is InChI=1S/C13H23BrN4/c1-10(2)9-18(7-6-17(4)5)13-8-12(14)15-11(3)16-13/h8,10H,6-7,9H2,1-5H3. The minimum atomic E-state index is 0.612. The Balaban J connectivity index is 2.86. The fraction of sp³-hybridized carbons (Fsp3) is 0.692. The van der Waals surface area contributed by atoms with E-state index in [0.29, 0.717) is 5.92 Å². The molecule has 0 aliphatic heterocycles. The normalized spacial score (nSPS) is 11.3. The van der Waals surface area contributed by atoms with E-state index in [-0.39, 0.29) is 0 Å². The Labute approximate surface area is 119 Å². The molecule has 0 aromatic carbocycles. The first-order valence-corrected chi connectivity index (χ1v) is 7.08. The topological polar surface area (TPSA) is 32.3 Å². The number of hydrogen-bond acceptors (Lipinski definition) is 4. The Bertz CT molecular complexity index is 359. The number of likely N-dealkylation sites (N-methyl/N-ethyl adjacent to an activating group) is 1. The minimum Gasteiger partial charge on any atom is -0.355 e. The van der Waals surface area contributed by atoms with Crippen LogP contribution < -0.4 is 4.90 Å². The molecule has 0 atom stereocenters. The fourth-order valence-electron chi connectivity index (χ4n) is 1.74. The molecule has 0 aliphatic rings. The van der Waals surface area contributed by atoms with Crippen LogP contribution in [0.2, 0.25) is 0 Å². The van der Waals surface area contributed by atoms with Crippen LogP contribution in [0.25, 0.3) is 0 Å². The molecule has 102 valence electrons. The first-order valence-electron chi connectivity index (χ1n) is 6.29. The van der Waals surface area contributed by atoms with Crippen LogP contribution in [0.5, 0.6) is 0 Å². The SMILES string of the molecule is Cc1nc(Br)cc(N(CCN(C)C)CC(C)C)n1. The van der Waals surface area contributed by atoms with Gasteiger partial charge in [-0.05, 0) is 42.9 Å². The Morgan fingerprint density at radius 2 is 1.89 bits per heavy atom. The van der Waals surface area contributed by atoms with E-state index in [1.807, 2.05) is 13.0 Å². The molecule has 0 spiro atoms. The molecule has 4 nitrogen and oxygen atoms in total. The van der Waals surface area contributed by atoms with E-state index in [2.05, 4.69) is 63.6 Å². The summed E-state index contributed by atoms with van der Waals surface area (Å²) in [6, 6.07) is 1.99. The van der Waals surface area contributed by atoms with Crippen LogP contribution in [0.1, 0.15) is 19.7 Å². The van der Waals surface area contributed by atoms with Crippen molar-refractivity contribution in [3.63, 3.8) is 0 Å².